The van der Waals surface area contributed by atoms with Crippen LogP contribution in [0.2, 0.25) is 0 Å². The van der Waals surface area contributed by atoms with E-state index >= 15 is 0 Å². The number of nitrogens with one attached hydrogen (secondary N) is 3. The lowest BCUT2D eigenvalue weighted by Crippen LogP contribution is -2.44. The molecule has 11 heteroatoms. The Morgan fingerprint density at radius 2 is 1.59 bits per heavy atom. The van der Waals surface area contributed by atoms with Crippen molar-refractivity contribution in [3.63, 3.8) is 0 Å². The van der Waals surface area contributed by atoms with Gasteiger partial charge in [-0.3, -0.25) is 20.4 Å². The highest BCUT2D eigenvalue weighted by atomic mass is 32.2. The van der Waals surface area contributed by atoms with Gasteiger partial charge in [0.25, 0.3) is 11.8 Å². The van der Waals surface area contributed by atoms with E-state index in [0.29, 0.717) is 6.42 Å². The van der Waals surface area contributed by atoms with Crippen molar-refractivity contribution in [3.8, 4) is 0 Å². The number of sulfonamides is 1. The highest BCUT2D eigenvalue weighted by Gasteiger charge is 2.19. The molecule has 2 rings (SSSR count). The van der Waals surface area contributed by atoms with Crippen molar-refractivity contribution in [2.45, 2.75) is 37.6 Å². The van der Waals surface area contributed by atoms with E-state index in [-0.39, 0.29) is 22.8 Å². The number of hydrogen-bond acceptors (Lipinski definition) is 6. The minimum absolute atomic E-state index is 0.0151. The van der Waals surface area contributed by atoms with Gasteiger partial charge < -0.3 is 0 Å². The maximum Gasteiger partial charge on any atom is 0.269 e. The quantitative estimate of drug-likeness (QED) is 0.329. The summed E-state index contributed by atoms with van der Waals surface area (Å²) in [7, 11) is -7.45. The standard InChI is InChI=1S/C21H27N3O6S2/c1-2-3-7-13-31(27,28)16-20(25)23-24-21(26)18-11-8-12-19(14-18)32(29,30)22-15-17-9-5-4-6-10-17/h4-6,8-12,14,22H,2-3,7,13,15-16H2,1H3,(H,23,25)(H,24,26). The summed E-state index contributed by atoms with van der Waals surface area (Å²) < 4.78 is 51.3. The van der Waals surface area contributed by atoms with Gasteiger partial charge in [0, 0.05) is 12.1 Å². The van der Waals surface area contributed by atoms with Gasteiger partial charge in [0.2, 0.25) is 10.0 Å². The van der Waals surface area contributed by atoms with Crippen LogP contribution in [0.5, 0.6) is 0 Å². The molecule has 2 aromatic carbocycles. The van der Waals surface area contributed by atoms with Crippen molar-refractivity contribution in [2.24, 2.45) is 0 Å². The van der Waals surface area contributed by atoms with Crippen LogP contribution in [0.3, 0.4) is 0 Å². The Labute approximate surface area is 188 Å². The van der Waals surface area contributed by atoms with E-state index in [1.165, 1.54) is 18.2 Å². The van der Waals surface area contributed by atoms with E-state index in [9.17, 15) is 26.4 Å². The maximum absolute atomic E-state index is 12.5. The van der Waals surface area contributed by atoms with Gasteiger partial charge in [-0.15, -0.1) is 0 Å². The summed E-state index contributed by atoms with van der Waals surface area (Å²) in [4.78, 5) is 24.0. The van der Waals surface area contributed by atoms with Gasteiger partial charge in [-0.25, -0.2) is 21.6 Å². The van der Waals surface area contributed by atoms with Crippen LogP contribution in [0.25, 0.3) is 0 Å². The minimum Gasteiger partial charge on any atom is -0.272 e. The molecule has 0 fully saturated rings. The molecule has 0 heterocycles. The lowest BCUT2D eigenvalue weighted by Gasteiger charge is -2.10. The largest absolute Gasteiger partial charge is 0.272 e. The molecule has 174 valence electrons. The molecule has 2 amide bonds. The van der Waals surface area contributed by atoms with Crippen molar-refractivity contribution in [2.75, 3.05) is 11.5 Å². The molecular formula is C21H27N3O6S2. The monoisotopic (exact) mass is 481 g/mol. The predicted molar refractivity (Wildman–Crippen MR) is 121 cm³/mol. The highest BCUT2D eigenvalue weighted by molar-refractivity contribution is 7.92. The van der Waals surface area contributed by atoms with E-state index in [2.05, 4.69) is 10.1 Å². The lowest BCUT2D eigenvalue weighted by molar-refractivity contribution is -0.119. The van der Waals surface area contributed by atoms with Crippen LogP contribution in [-0.4, -0.2) is 40.2 Å². The molecule has 0 unspecified atom stereocenters. The number of amides is 2. The normalized spacial score (nSPS) is 11.7. The molecular weight excluding hydrogens is 454 g/mol. The summed E-state index contributed by atoms with van der Waals surface area (Å²) in [5, 5.41) is 0. The third-order valence-electron chi connectivity index (χ3n) is 4.44. The molecule has 0 spiro atoms. The van der Waals surface area contributed by atoms with E-state index in [0.717, 1.165) is 24.5 Å². The van der Waals surface area contributed by atoms with Crippen LogP contribution in [-0.2, 0) is 31.2 Å². The smallest absolute Gasteiger partial charge is 0.269 e. The molecule has 0 atom stereocenters. The molecule has 0 saturated heterocycles. The van der Waals surface area contributed by atoms with Gasteiger partial charge >= 0.3 is 0 Å². The third-order valence-corrected chi connectivity index (χ3v) is 7.45. The van der Waals surface area contributed by atoms with Crippen LogP contribution in [0.1, 0.15) is 42.1 Å². The molecule has 0 aromatic heterocycles. The number of rotatable bonds is 11. The fourth-order valence-electron chi connectivity index (χ4n) is 2.74. The molecule has 0 radical (unpaired) electrons. The van der Waals surface area contributed by atoms with Gasteiger partial charge in [0.15, 0.2) is 9.84 Å². The maximum atomic E-state index is 12.5. The van der Waals surface area contributed by atoms with E-state index < -0.39 is 37.4 Å². The summed E-state index contributed by atoms with van der Waals surface area (Å²) >= 11 is 0. The van der Waals surface area contributed by atoms with Gasteiger partial charge in [0.1, 0.15) is 5.75 Å². The Morgan fingerprint density at radius 3 is 2.28 bits per heavy atom. The van der Waals surface area contributed by atoms with E-state index in [1.54, 1.807) is 24.3 Å². The number of hydrazine groups is 1. The molecule has 0 bridgehead atoms. The molecule has 0 aliphatic heterocycles. The SMILES string of the molecule is CCCCCS(=O)(=O)CC(=O)NNC(=O)c1cccc(S(=O)(=O)NCc2ccccc2)c1. The highest BCUT2D eigenvalue weighted by Crippen LogP contribution is 2.12. The Balaban J connectivity index is 1.94. The Bertz CT molecular complexity index is 1130. The number of benzene rings is 2. The second-order valence-electron chi connectivity index (χ2n) is 7.14. The number of carbonyl (C=O) groups excluding carboxylic acids is 2. The van der Waals surface area contributed by atoms with Crippen LogP contribution in [0.4, 0.5) is 0 Å². The van der Waals surface area contributed by atoms with E-state index in [1.807, 2.05) is 18.4 Å². The van der Waals surface area contributed by atoms with Gasteiger partial charge in [-0.05, 0) is 30.2 Å². The summed E-state index contributed by atoms with van der Waals surface area (Å²) in [6.07, 6.45) is 2.07. The zero-order valence-electron chi connectivity index (χ0n) is 17.7. The summed E-state index contributed by atoms with van der Waals surface area (Å²) in [6.45, 7) is 2.02. The topological polar surface area (TPSA) is 139 Å². The van der Waals surface area contributed by atoms with E-state index in [4.69, 9.17) is 0 Å². The first-order valence-corrected chi connectivity index (χ1v) is 13.4. The van der Waals surface area contributed by atoms with Crippen molar-refractivity contribution in [3.05, 3.63) is 65.7 Å². The number of sulfone groups is 1. The van der Waals surface area contributed by atoms with Gasteiger partial charge in [0.05, 0.1) is 10.6 Å². The van der Waals surface area contributed by atoms with Gasteiger partial charge in [-0.2, -0.15) is 0 Å². The second-order valence-corrected chi connectivity index (χ2v) is 11.1. The van der Waals surface area contributed by atoms with Gasteiger partial charge in [-0.1, -0.05) is 56.2 Å². The summed E-state index contributed by atoms with van der Waals surface area (Å²) in [5.74, 6) is -2.49. The first-order valence-electron chi connectivity index (χ1n) is 10.1. The van der Waals surface area contributed by atoms with Crippen molar-refractivity contribution in [1.29, 1.82) is 0 Å². The molecule has 32 heavy (non-hydrogen) atoms. The molecule has 3 N–H and O–H groups in total. The lowest BCUT2D eigenvalue weighted by atomic mass is 10.2. The average Bonchev–Trinajstić information content (AvgIpc) is 2.76. The molecule has 0 aliphatic carbocycles. The van der Waals surface area contributed by atoms with Crippen molar-refractivity contribution in [1.82, 2.24) is 15.6 Å². The molecule has 0 aliphatic rings. The Morgan fingerprint density at radius 1 is 0.875 bits per heavy atom. The number of hydrogen-bond donors (Lipinski definition) is 3. The predicted octanol–water partition coefficient (Wildman–Crippen LogP) is 1.53. The van der Waals surface area contributed by atoms with Crippen LogP contribution in [0.15, 0.2) is 59.5 Å². The first-order chi connectivity index (χ1) is 15.1. The van der Waals surface area contributed by atoms with Crippen LogP contribution < -0.4 is 15.6 Å². The minimum atomic E-state index is -3.88. The summed E-state index contributed by atoms with van der Waals surface area (Å²) in [5.41, 5.74) is 4.92. The van der Waals surface area contributed by atoms with Crippen molar-refractivity contribution < 1.29 is 26.4 Å². The Kier molecular flexibility index (Phi) is 9.36. The zero-order valence-corrected chi connectivity index (χ0v) is 19.3. The Hall–Kier alpha value is -2.76. The van der Waals surface area contributed by atoms with Crippen LogP contribution >= 0.6 is 0 Å². The number of carbonyl (C=O) groups is 2. The summed E-state index contributed by atoms with van der Waals surface area (Å²) in [6, 6.07) is 14.2. The average molecular weight is 482 g/mol. The van der Waals surface area contributed by atoms with Crippen LogP contribution in [0, 0.1) is 0 Å². The zero-order chi connectivity index (χ0) is 23.6. The second kappa shape index (κ2) is 11.7. The fraction of sp³-hybridized carbons (Fsp3) is 0.333. The van der Waals surface area contributed by atoms with Crippen molar-refractivity contribution >= 4 is 31.7 Å². The molecule has 0 saturated carbocycles. The molecule has 2 aromatic rings. The third kappa shape index (κ3) is 8.40. The number of unbranched alkanes of at least 4 members (excludes halogenated alkanes) is 2. The first kappa shape index (κ1) is 25.5. The molecule has 9 nitrogen and oxygen atoms in total. The fourth-order valence-corrected chi connectivity index (χ4v) is 5.06.